The Morgan fingerprint density at radius 2 is 1.85 bits per heavy atom. The molecule has 178 valence electrons. The maximum absolute atomic E-state index is 12.8. The van der Waals surface area contributed by atoms with Gasteiger partial charge in [-0.3, -0.25) is 4.72 Å². The number of hydrazone groups is 1. The van der Waals surface area contributed by atoms with Crippen LogP contribution in [0.1, 0.15) is 17.5 Å². The summed E-state index contributed by atoms with van der Waals surface area (Å²) in [4.78, 5) is 4.87. The van der Waals surface area contributed by atoms with E-state index in [0.717, 1.165) is 35.4 Å². The predicted octanol–water partition coefficient (Wildman–Crippen LogP) is 3.21. The molecule has 4 N–H and O–H groups in total. The van der Waals surface area contributed by atoms with Crippen LogP contribution in [0.4, 0.5) is 13.2 Å². The second-order valence-corrected chi connectivity index (χ2v) is 9.49. The van der Waals surface area contributed by atoms with Gasteiger partial charge in [-0.2, -0.15) is 26.7 Å². The van der Waals surface area contributed by atoms with Gasteiger partial charge in [0, 0.05) is 22.9 Å². The van der Waals surface area contributed by atoms with E-state index in [1.165, 1.54) is 12.1 Å². The molecule has 14 heteroatoms. The third kappa shape index (κ3) is 7.89. The maximum Gasteiger partial charge on any atom is 0.416 e. The van der Waals surface area contributed by atoms with Crippen LogP contribution in [0.2, 0.25) is 5.02 Å². The Morgan fingerprint density at radius 1 is 1.18 bits per heavy atom. The fourth-order valence-corrected chi connectivity index (χ4v) is 3.94. The van der Waals surface area contributed by atoms with E-state index in [1.54, 1.807) is 17.1 Å². The molecule has 3 rings (SSSR count). The molecule has 2 aromatic carbocycles. The zero-order valence-corrected chi connectivity index (χ0v) is 19.4. The van der Waals surface area contributed by atoms with Crippen molar-refractivity contribution in [1.29, 1.82) is 0 Å². The number of nitrogens with two attached hydrogens (primary N) is 1. The van der Waals surface area contributed by atoms with Crippen molar-refractivity contribution in [2.75, 3.05) is 19.6 Å². The van der Waals surface area contributed by atoms with E-state index in [9.17, 15) is 21.6 Å². The summed E-state index contributed by atoms with van der Waals surface area (Å²) in [5.74, 6) is 0.320. The lowest BCUT2D eigenvalue weighted by molar-refractivity contribution is -0.137. The third-order valence-electron chi connectivity index (χ3n) is 4.34. The predicted molar refractivity (Wildman–Crippen MR) is 123 cm³/mol. The van der Waals surface area contributed by atoms with Crippen LogP contribution in [0, 0.1) is 0 Å². The minimum Gasteiger partial charge on any atom is -0.295 e. The second kappa shape index (κ2) is 10.7. The summed E-state index contributed by atoms with van der Waals surface area (Å²) in [5, 5.41) is 11.7. The summed E-state index contributed by atoms with van der Waals surface area (Å²) in [6.45, 7) is 0.533. The first kappa shape index (κ1) is 25.3. The SMILES string of the molecule is NS(=O)(=O)NCCN=C(NSc1ccc(C(F)(F)F)cc1)N1CCC(c2ccc(Cl)cc2)=N1. The van der Waals surface area contributed by atoms with Gasteiger partial charge in [0.25, 0.3) is 10.2 Å². The molecule has 0 saturated heterocycles. The van der Waals surface area contributed by atoms with Gasteiger partial charge < -0.3 is 0 Å². The van der Waals surface area contributed by atoms with Crippen molar-refractivity contribution in [2.24, 2.45) is 15.2 Å². The van der Waals surface area contributed by atoms with Gasteiger partial charge in [-0.1, -0.05) is 23.7 Å². The second-order valence-electron chi connectivity index (χ2n) is 6.80. The number of benzene rings is 2. The number of nitrogens with zero attached hydrogens (tertiary/aromatic N) is 3. The fourth-order valence-electron chi connectivity index (χ4n) is 2.79. The molecule has 1 aliphatic heterocycles. The zero-order valence-electron chi connectivity index (χ0n) is 17.0. The van der Waals surface area contributed by atoms with Crippen molar-refractivity contribution >= 4 is 45.4 Å². The van der Waals surface area contributed by atoms with E-state index < -0.39 is 21.9 Å². The first-order valence-corrected chi connectivity index (χ1v) is 12.3. The Kier molecular flexibility index (Phi) is 8.23. The Balaban J connectivity index is 1.72. The van der Waals surface area contributed by atoms with Crippen LogP contribution in [0.5, 0.6) is 0 Å². The Hall–Kier alpha value is -2.32. The monoisotopic (exact) mass is 520 g/mol. The molecular weight excluding hydrogens is 501 g/mol. The van der Waals surface area contributed by atoms with Crippen molar-refractivity contribution in [3.05, 3.63) is 64.7 Å². The standard InChI is InChI=1S/C19H20ClF3N6O2S2/c20-15-5-1-13(2-6-15)17-9-12-29(27-17)18(25-10-11-26-33(24,30)31)28-32-16-7-3-14(4-8-16)19(21,22)23/h1-8,26H,9-12H2,(H,25,28)(H2,24,30,31). The first-order chi connectivity index (χ1) is 15.5. The number of rotatable bonds is 7. The highest BCUT2D eigenvalue weighted by atomic mass is 35.5. The molecule has 0 amide bonds. The molecule has 1 heterocycles. The van der Waals surface area contributed by atoms with E-state index in [4.69, 9.17) is 16.7 Å². The van der Waals surface area contributed by atoms with Crippen LogP contribution in [-0.4, -0.2) is 44.7 Å². The number of halogens is 4. The van der Waals surface area contributed by atoms with Crippen LogP contribution >= 0.6 is 23.5 Å². The molecule has 1 aliphatic rings. The quantitative estimate of drug-likeness (QED) is 0.225. The van der Waals surface area contributed by atoms with Crippen LogP contribution in [-0.2, 0) is 16.4 Å². The molecule has 0 spiro atoms. The van der Waals surface area contributed by atoms with Gasteiger partial charge in [-0.25, -0.2) is 19.9 Å². The highest BCUT2D eigenvalue weighted by Crippen LogP contribution is 2.30. The molecule has 0 bridgehead atoms. The van der Waals surface area contributed by atoms with Crippen molar-refractivity contribution in [3.63, 3.8) is 0 Å². The Morgan fingerprint density at radius 3 is 2.45 bits per heavy atom. The maximum atomic E-state index is 12.8. The van der Waals surface area contributed by atoms with Gasteiger partial charge in [-0.15, -0.1) is 0 Å². The van der Waals surface area contributed by atoms with Crippen LogP contribution in [0.3, 0.4) is 0 Å². The molecule has 2 aromatic rings. The summed E-state index contributed by atoms with van der Waals surface area (Å²) in [7, 11) is -3.85. The molecule has 0 unspecified atom stereocenters. The largest absolute Gasteiger partial charge is 0.416 e. The summed E-state index contributed by atoms with van der Waals surface area (Å²) in [6, 6.07) is 11.9. The number of guanidine groups is 1. The van der Waals surface area contributed by atoms with Crippen molar-refractivity contribution < 1.29 is 21.6 Å². The number of aliphatic imine (C=N–C) groups is 1. The molecule has 0 fully saturated rings. The number of hydrogen-bond acceptors (Lipinski definition) is 5. The molecule has 33 heavy (non-hydrogen) atoms. The minimum absolute atomic E-state index is 0.0312. The van der Waals surface area contributed by atoms with Crippen LogP contribution in [0.15, 0.2) is 63.5 Å². The number of hydrogen-bond donors (Lipinski definition) is 3. The number of alkyl halides is 3. The molecule has 0 aromatic heterocycles. The van der Waals surface area contributed by atoms with Gasteiger partial charge in [0.1, 0.15) is 0 Å². The van der Waals surface area contributed by atoms with E-state index >= 15 is 0 Å². The molecule has 0 aliphatic carbocycles. The highest BCUT2D eigenvalue weighted by Gasteiger charge is 2.30. The molecule has 0 saturated carbocycles. The molecule has 0 atom stereocenters. The lowest BCUT2D eigenvalue weighted by Crippen LogP contribution is -2.36. The number of nitrogens with one attached hydrogen (secondary N) is 2. The van der Waals surface area contributed by atoms with Crippen molar-refractivity contribution in [1.82, 2.24) is 14.5 Å². The van der Waals surface area contributed by atoms with Gasteiger partial charge >= 0.3 is 6.18 Å². The summed E-state index contributed by atoms with van der Waals surface area (Å²) in [5.41, 5.74) is 0.961. The average molecular weight is 521 g/mol. The first-order valence-electron chi connectivity index (χ1n) is 9.54. The molecular formula is C19H20ClF3N6O2S2. The van der Waals surface area contributed by atoms with Gasteiger partial charge in [0.15, 0.2) is 0 Å². The topological polar surface area (TPSA) is 112 Å². The third-order valence-corrected chi connectivity index (χ3v) is 5.99. The molecule has 8 nitrogen and oxygen atoms in total. The lowest BCUT2D eigenvalue weighted by Gasteiger charge is -2.17. The van der Waals surface area contributed by atoms with E-state index in [0.29, 0.717) is 28.8 Å². The fraction of sp³-hybridized carbons (Fsp3) is 0.263. The summed E-state index contributed by atoms with van der Waals surface area (Å²) < 4.78 is 65.5. The zero-order chi connectivity index (χ0) is 24.1. The van der Waals surface area contributed by atoms with E-state index in [1.807, 2.05) is 12.1 Å². The van der Waals surface area contributed by atoms with Gasteiger partial charge in [0.05, 0.1) is 24.4 Å². The van der Waals surface area contributed by atoms with E-state index in [2.05, 4.69) is 19.5 Å². The van der Waals surface area contributed by atoms with Crippen LogP contribution < -0.4 is 14.6 Å². The highest BCUT2D eigenvalue weighted by molar-refractivity contribution is 7.98. The summed E-state index contributed by atoms with van der Waals surface area (Å²) >= 11 is 6.99. The van der Waals surface area contributed by atoms with Gasteiger partial charge in [-0.05, 0) is 53.9 Å². The lowest BCUT2D eigenvalue weighted by atomic mass is 10.1. The smallest absolute Gasteiger partial charge is 0.295 e. The summed E-state index contributed by atoms with van der Waals surface area (Å²) in [6.07, 6.45) is -3.79. The van der Waals surface area contributed by atoms with Gasteiger partial charge in [0.2, 0.25) is 5.96 Å². The van der Waals surface area contributed by atoms with Crippen LogP contribution in [0.25, 0.3) is 0 Å². The average Bonchev–Trinajstić information content (AvgIpc) is 3.22. The molecule has 0 radical (unpaired) electrons. The minimum atomic E-state index is -4.41. The van der Waals surface area contributed by atoms with E-state index in [-0.39, 0.29) is 13.1 Å². The Labute approximate surface area is 198 Å². The van der Waals surface area contributed by atoms with Crippen molar-refractivity contribution in [2.45, 2.75) is 17.5 Å². The van der Waals surface area contributed by atoms with Crippen molar-refractivity contribution in [3.8, 4) is 0 Å². The normalized spacial score (nSPS) is 15.0. The Bertz CT molecular complexity index is 1120.